The predicted molar refractivity (Wildman–Crippen MR) is 97.9 cm³/mol. The van der Waals surface area contributed by atoms with E-state index in [9.17, 15) is 17.6 Å². The van der Waals surface area contributed by atoms with Crippen LogP contribution in [0.25, 0.3) is 0 Å². The average Bonchev–Trinajstić information content (AvgIpc) is 2.55. The number of hydrogen-bond donors (Lipinski definition) is 2. The summed E-state index contributed by atoms with van der Waals surface area (Å²) in [5, 5.41) is 2.07. The van der Waals surface area contributed by atoms with Crippen LogP contribution in [0, 0.1) is 11.7 Å². The Kier molecular flexibility index (Phi) is 8.31. The van der Waals surface area contributed by atoms with Gasteiger partial charge in [-0.1, -0.05) is 12.8 Å². The Hall–Kier alpha value is -1.18. The van der Waals surface area contributed by atoms with Crippen LogP contribution in [-0.2, 0) is 14.6 Å². The van der Waals surface area contributed by atoms with Gasteiger partial charge in [-0.2, -0.15) is 0 Å². The fraction of sp³-hybridized carbons (Fsp3) is 0.588. The van der Waals surface area contributed by atoms with E-state index in [1.165, 1.54) is 19.1 Å². The smallest absolute Gasteiger partial charge is 0.221 e. The lowest BCUT2D eigenvalue weighted by molar-refractivity contribution is -0.122. The molecule has 0 saturated heterocycles. The molecule has 1 aromatic rings. The maximum absolute atomic E-state index is 12.9. The van der Waals surface area contributed by atoms with E-state index in [0.29, 0.717) is 6.54 Å². The van der Waals surface area contributed by atoms with Crippen molar-refractivity contribution in [2.45, 2.75) is 55.2 Å². The van der Waals surface area contributed by atoms with Crippen molar-refractivity contribution in [3.63, 3.8) is 0 Å². The van der Waals surface area contributed by atoms with Gasteiger partial charge in [0, 0.05) is 12.5 Å². The van der Waals surface area contributed by atoms with Crippen molar-refractivity contribution in [2.75, 3.05) is 6.54 Å². The number of sulfone groups is 1. The third-order valence-corrected chi connectivity index (χ3v) is 6.86. The van der Waals surface area contributed by atoms with Crippen molar-refractivity contribution in [2.24, 2.45) is 11.7 Å². The molecule has 3 N–H and O–H groups in total. The van der Waals surface area contributed by atoms with Crippen LogP contribution in [0.5, 0.6) is 0 Å². The summed E-state index contributed by atoms with van der Waals surface area (Å²) in [4.78, 5) is 12.3. The molecule has 0 bridgehead atoms. The van der Waals surface area contributed by atoms with Gasteiger partial charge in [-0.3, -0.25) is 4.79 Å². The standard InChI is InChI=1S/C17H25FN2O3S.ClH/c1-12(24(22,23)15-8-6-14(18)7-9-15)10-17(21)20-16-5-3-2-4-13(16)11-19;/h6-9,12-13,16H,2-5,10-11,19H2,1H3,(H,20,21);1H. The minimum atomic E-state index is -3.66. The fourth-order valence-corrected chi connectivity index (χ4v) is 4.52. The summed E-state index contributed by atoms with van der Waals surface area (Å²) in [5.41, 5.74) is 5.75. The van der Waals surface area contributed by atoms with Crippen molar-refractivity contribution >= 4 is 28.2 Å². The predicted octanol–water partition coefficient (Wildman–Crippen LogP) is 2.43. The second kappa shape index (κ2) is 9.50. The van der Waals surface area contributed by atoms with Gasteiger partial charge in [0.15, 0.2) is 9.84 Å². The molecule has 0 aromatic heterocycles. The minimum Gasteiger partial charge on any atom is -0.353 e. The van der Waals surface area contributed by atoms with Crippen LogP contribution in [-0.4, -0.2) is 32.2 Å². The summed E-state index contributed by atoms with van der Waals surface area (Å²) in [6, 6.07) is 4.69. The summed E-state index contributed by atoms with van der Waals surface area (Å²) in [5.74, 6) is -0.519. The van der Waals surface area contributed by atoms with Gasteiger partial charge in [0.05, 0.1) is 10.1 Å². The number of carbonyl (C=O) groups is 1. The second-order valence-corrected chi connectivity index (χ2v) is 8.83. The SMILES string of the molecule is CC(CC(=O)NC1CCCCC1CN)S(=O)(=O)c1ccc(F)cc1.Cl. The van der Waals surface area contributed by atoms with Gasteiger partial charge in [0.1, 0.15) is 5.82 Å². The van der Waals surface area contributed by atoms with E-state index < -0.39 is 20.9 Å². The zero-order chi connectivity index (χ0) is 17.7. The molecule has 8 heteroatoms. The van der Waals surface area contributed by atoms with Gasteiger partial charge < -0.3 is 11.1 Å². The first kappa shape index (κ1) is 21.9. The zero-order valence-corrected chi connectivity index (χ0v) is 15.9. The maximum atomic E-state index is 12.9. The van der Waals surface area contributed by atoms with Crippen molar-refractivity contribution < 1.29 is 17.6 Å². The van der Waals surface area contributed by atoms with E-state index in [1.54, 1.807) is 0 Å². The Morgan fingerprint density at radius 2 is 1.88 bits per heavy atom. The first-order valence-corrected chi connectivity index (χ1v) is 9.88. The summed E-state index contributed by atoms with van der Waals surface area (Å²) < 4.78 is 37.9. The molecule has 1 aliphatic rings. The molecule has 0 spiro atoms. The van der Waals surface area contributed by atoms with E-state index in [-0.39, 0.29) is 41.6 Å². The molecule has 1 aromatic carbocycles. The highest BCUT2D eigenvalue weighted by Crippen LogP contribution is 2.24. The molecular formula is C17H26ClFN2O3S. The van der Waals surface area contributed by atoms with Crippen LogP contribution in [0.15, 0.2) is 29.2 Å². The molecular weight excluding hydrogens is 367 g/mol. The van der Waals surface area contributed by atoms with Crippen LogP contribution < -0.4 is 11.1 Å². The van der Waals surface area contributed by atoms with Crippen LogP contribution in [0.2, 0.25) is 0 Å². The van der Waals surface area contributed by atoms with Crippen LogP contribution in [0.1, 0.15) is 39.0 Å². The molecule has 3 unspecified atom stereocenters. The number of benzene rings is 1. The van der Waals surface area contributed by atoms with Crippen LogP contribution >= 0.6 is 12.4 Å². The summed E-state index contributed by atoms with van der Waals surface area (Å²) in [6.45, 7) is 2.02. The Labute approximate surface area is 154 Å². The molecule has 1 saturated carbocycles. The van der Waals surface area contributed by atoms with Crippen LogP contribution in [0.3, 0.4) is 0 Å². The van der Waals surface area contributed by atoms with Crippen molar-refractivity contribution in [1.29, 1.82) is 0 Å². The average molecular weight is 393 g/mol. The normalized spacial score (nSPS) is 21.9. The Bertz CT molecular complexity index is 667. The Morgan fingerprint density at radius 1 is 1.28 bits per heavy atom. The van der Waals surface area contributed by atoms with Crippen LogP contribution in [0.4, 0.5) is 4.39 Å². The third-order valence-electron chi connectivity index (χ3n) is 4.70. The molecule has 0 radical (unpaired) electrons. The van der Waals surface area contributed by atoms with Gasteiger partial charge in [-0.15, -0.1) is 12.4 Å². The highest BCUT2D eigenvalue weighted by molar-refractivity contribution is 7.92. The molecule has 3 atom stereocenters. The largest absolute Gasteiger partial charge is 0.353 e. The van der Waals surface area contributed by atoms with E-state index >= 15 is 0 Å². The molecule has 1 fully saturated rings. The fourth-order valence-electron chi connectivity index (χ4n) is 3.17. The van der Waals surface area contributed by atoms with E-state index in [0.717, 1.165) is 37.8 Å². The van der Waals surface area contributed by atoms with Gasteiger partial charge in [0.2, 0.25) is 5.91 Å². The number of nitrogens with two attached hydrogens (primary N) is 1. The lowest BCUT2D eigenvalue weighted by atomic mass is 9.84. The molecule has 1 aliphatic carbocycles. The number of carbonyl (C=O) groups excluding carboxylic acids is 1. The number of nitrogens with one attached hydrogen (secondary N) is 1. The van der Waals surface area contributed by atoms with Crippen molar-refractivity contribution in [1.82, 2.24) is 5.32 Å². The zero-order valence-electron chi connectivity index (χ0n) is 14.3. The topological polar surface area (TPSA) is 89.3 Å². The number of halogens is 2. The van der Waals surface area contributed by atoms with Gasteiger partial charge in [-0.05, 0) is 56.5 Å². The quantitative estimate of drug-likeness (QED) is 0.727. The van der Waals surface area contributed by atoms with E-state index in [1.807, 2.05) is 0 Å². The molecule has 1 amide bonds. The molecule has 2 rings (SSSR count). The van der Waals surface area contributed by atoms with Crippen molar-refractivity contribution in [3.8, 4) is 0 Å². The third kappa shape index (κ3) is 5.66. The highest BCUT2D eigenvalue weighted by Gasteiger charge is 2.29. The molecule has 0 aliphatic heterocycles. The lowest BCUT2D eigenvalue weighted by Gasteiger charge is -2.31. The van der Waals surface area contributed by atoms with Crippen molar-refractivity contribution in [3.05, 3.63) is 30.1 Å². The molecule has 142 valence electrons. The summed E-state index contributed by atoms with van der Waals surface area (Å²) in [7, 11) is -3.66. The first-order valence-electron chi connectivity index (χ1n) is 8.33. The van der Waals surface area contributed by atoms with Gasteiger partial charge in [-0.25, -0.2) is 12.8 Å². The maximum Gasteiger partial charge on any atom is 0.221 e. The number of hydrogen-bond acceptors (Lipinski definition) is 4. The number of rotatable bonds is 6. The number of amides is 1. The summed E-state index contributed by atoms with van der Waals surface area (Å²) in [6.07, 6.45) is 3.92. The first-order chi connectivity index (χ1) is 11.3. The lowest BCUT2D eigenvalue weighted by Crippen LogP contribution is -2.45. The monoisotopic (exact) mass is 392 g/mol. The Balaban J connectivity index is 0.00000312. The van der Waals surface area contributed by atoms with Gasteiger partial charge >= 0.3 is 0 Å². The molecule has 0 heterocycles. The summed E-state index contributed by atoms with van der Waals surface area (Å²) >= 11 is 0. The second-order valence-electron chi connectivity index (χ2n) is 6.47. The molecule has 5 nitrogen and oxygen atoms in total. The van der Waals surface area contributed by atoms with Gasteiger partial charge in [0.25, 0.3) is 0 Å². The Morgan fingerprint density at radius 3 is 2.48 bits per heavy atom. The van der Waals surface area contributed by atoms with E-state index in [4.69, 9.17) is 5.73 Å². The minimum absolute atomic E-state index is 0. The molecule has 25 heavy (non-hydrogen) atoms. The van der Waals surface area contributed by atoms with E-state index in [2.05, 4.69) is 5.32 Å². The highest BCUT2D eigenvalue weighted by atomic mass is 35.5.